The second-order valence-corrected chi connectivity index (χ2v) is 8.84. The van der Waals surface area contributed by atoms with Crippen LogP contribution in [0.4, 0.5) is 4.39 Å². The summed E-state index contributed by atoms with van der Waals surface area (Å²) in [5.41, 5.74) is 2.11. The second-order valence-electron chi connectivity index (χ2n) is 6.43. The zero-order valence-electron chi connectivity index (χ0n) is 14.5. The summed E-state index contributed by atoms with van der Waals surface area (Å²) in [6, 6.07) is 6.03. The number of thiophene rings is 1. The number of rotatable bonds is 4. The fourth-order valence-electron chi connectivity index (χ4n) is 3.31. The molecule has 1 atom stereocenters. The van der Waals surface area contributed by atoms with E-state index in [2.05, 4.69) is 20.2 Å². The molecule has 0 amide bonds. The highest BCUT2D eigenvalue weighted by atomic mass is 32.2. The summed E-state index contributed by atoms with van der Waals surface area (Å²) in [4.78, 5) is 11.5. The van der Waals surface area contributed by atoms with Crippen molar-refractivity contribution in [2.24, 2.45) is 0 Å². The Hall–Kier alpha value is -2.32. The topological polar surface area (TPSA) is 64.7 Å². The largest absolute Gasteiger partial charge is 0.419 e. The van der Waals surface area contributed by atoms with Gasteiger partial charge in [-0.15, -0.1) is 21.5 Å². The molecule has 0 spiro atoms. The van der Waals surface area contributed by atoms with Crippen molar-refractivity contribution < 1.29 is 8.81 Å². The molecule has 0 aliphatic heterocycles. The van der Waals surface area contributed by atoms with Crippen LogP contribution < -0.4 is 0 Å². The van der Waals surface area contributed by atoms with Gasteiger partial charge in [0.15, 0.2) is 0 Å². The van der Waals surface area contributed by atoms with Gasteiger partial charge in [-0.2, -0.15) is 0 Å². The summed E-state index contributed by atoms with van der Waals surface area (Å²) in [5, 5.41) is 10.4. The number of hydrogen-bond donors (Lipinski definition) is 0. The number of fused-ring (bicyclic) bond motifs is 3. The van der Waals surface area contributed by atoms with Crippen molar-refractivity contribution in [2.75, 3.05) is 0 Å². The SMILES string of the molecule is C[C@H](Sc1ncnc2sc3c(c12)CCC3)c1nnc(-c2ccc(F)cc2)o1. The van der Waals surface area contributed by atoms with Crippen LogP contribution in [0.1, 0.15) is 34.9 Å². The molecule has 1 aromatic carbocycles. The third kappa shape index (κ3) is 3.02. The first-order valence-corrected chi connectivity index (χ1v) is 10.4. The van der Waals surface area contributed by atoms with Crippen LogP contribution in [-0.2, 0) is 12.8 Å². The average Bonchev–Trinajstić information content (AvgIpc) is 3.38. The third-order valence-electron chi connectivity index (χ3n) is 4.63. The molecule has 5 rings (SSSR count). The molecule has 0 radical (unpaired) electrons. The summed E-state index contributed by atoms with van der Waals surface area (Å²) in [7, 11) is 0. The van der Waals surface area contributed by atoms with Crippen molar-refractivity contribution in [1.82, 2.24) is 20.2 Å². The number of thioether (sulfide) groups is 1. The predicted octanol–water partition coefficient (Wildman–Crippen LogP) is 5.22. The van der Waals surface area contributed by atoms with Crippen LogP contribution in [0.3, 0.4) is 0 Å². The van der Waals surface area contributed by atoms with Crippen LogP contribution in [0, 0.1) is 5.82 Å². The Morgan fingerprint density at radius 1 is 1.15 bits per heavy atom. The molecule has 4 aromatic rings. The number of aryl methyl sites for hydroxylation is 2. The van der Waals surface area contributed by atoms with E-state index in [0.717, 1.165) is 22.7 Å². The van der Waals surface area contributed by atoms with Gasteiger partial charge in [0.2, 0.25) is 11.8 Å². The van der Waals surface area contributed by atoms with Crippen LogP contribution in [0.2, 0.25) is 0 Å². The first kappa shape index (κ1) is 16.8. The van der Waals surface area contributed by atoms with Crippen LogP contribution in [0.5, 0.6) is 0 Å². The van der Waals surface area contributed by atoms with E-state index in [4.69, 9.17) is 4.42 Å². The molecule has 1 aliphatic rings. The predicted molar refractivity (Wildman–Crippen MR) is 103 cm³/mol. The van der Waals surface area contributed by atoms with Gasteiger partial charge in [-0.25, -0.2) is 14.4 Å². The van der Waals surface area contributed by atoms with Gasteiger partial charge in [0.25, 0.3) is 0 Å². The number of aromatic nitrogens is 4. The molecule has 0 saturated heterocycles. The lowest BCUT2D eigenvalue weighted by atomic mass is 10.2. The lowest BCUT2D eigenvalue weighted by molar-refractivity contribution is 0.509. The van der Waals surface area contributed by atoms with Crippen molar-refractivity contribution in [2.45, 2.75) is 36.5 Å². The maximum atomic E-state index is 13.1. The molecule has 3 aromatic heterocycles. The van der Waals surface area contributed by atoms with Gasteiger partial charge < -0.3 is 4.42 Å². The molecule has 0 N–H and O–H groups in total. The molecule has 0 unspecified atom stereocenters. The Labute approximate surface area is 163 Å². The van der Waals surface area contributed by atoms with Crippen LogP contribution in [-0.4, -0.2) is 20.2 Å². The zero-order valence-corrected chi connectivity index (χ0v) is 16.1. The van der Waals surface area contributed by atoms with E-state index in [1.54, 1.807) is 41.6 Å². The molecule has 8 heteroatoms. The van der Waals surface area contributed by atoms with Gasteiger partial charge in [0.05, 0.1) is 5.25 Å². The van der Waals surface area contributed by atoms with Crippen molar-refractivity contribution in [3.63, 3.8) is 0 Å². The van der Waals surface area contributed by atoms with Crippen LogP contribution >= 0.6 is 23.1 Å². The Morgan fingerprint density at radius 2 is 2.00 bits per heavy atom. The minimum Gasteiger partial charge on any atom is -0.419 e. The molecule has 0 saturated carbocycles. The van der Waals surface area contributed by atoms with Gasteiger partial charge in [-0.1, -0.05) is 11.8 Å². The fourth-order valence-corrected chi connectivity index (χ4v) is 5.59. The monoisotopic (exact) mass is 398 g/mol. The molecule has 5 nitrogen and oxygen atoms in total. The number of benzene rings is 1. The Bertz CT molecular complexity index is 1120. The van der Waals surface area contributed by atoms with Crippen molar-refractivity contribution in [3.05, 3.63) is 52.7 Å². The Balaban J connectivity index is 1.44. The van der Waals surface area contributed by atoms with Crippen molar-refractivity contribution in [1.29, 1.82) is 0 Å². The lowest BCUT2D eigenvalue weighted by Gasteiger charge is -2.07. The number of hydrogen-bond acceptors (Lipinski definition) is 7. The molecule has 27 heavy (non-hydrogen) atoms. The van der Waals surface area contributed by atoms with E-state index < -0.39 is 0 Å². The number of nitrogens with zero attached hydrogens (tertiary/aromatic N) is 4. The third-order valence-corrected chi connectivity index (χ3v) is 6.92. The Morgan fingerprint density at radius 3 is 2.85 bits per heavy atom. The second kappa shape index (κ2) is 6.69. The first-order valence-electron chi connectivity index (χ1n) is 8.70. The highest BCUT2D eigenvalue weighted by Crippen LogP contribution is 2.43. The van der Waals surface area contributed by atoms with Crippen molar-refractivity contribution >= 4 is 33.3 Å². The van der Waals surface area contributed by atoms with Crippen LogP contribution in [0.15, 0.2) is 40.0 Å². The minimum absolute atomic E-state index is 0.0539. The molecule has 0 fully saturated rings. The molecule has 136 valence electrons. The fraction of sp³-hybridized carbons (Fsp3) is 0.263. The van der Waals surface area contributed by atoms with E-state index in [1.165, 1.54) is 34.4 Å². The highest BCUT2D eigenvalue weighted by Gasteiger charge is 2.24. The van der Waals surface area contributed by atoms with E-state index >= 15 is 0 Å². The number of halogens is 1. The minimum atomic E-state index is -0.293. The Kier molecular flexibility index (Phi) is 4.17. The molecule has 3 heterocycles. The maximum absolute atomic E-state index is 13.1. The molecule has 0 bridgehead atoms. The van der Waals surface area contributed by atoms with E-state index in [9.17, 15) is 4.39 Å². The molecular weight excluding hydrogens is 383 g/mol. The normalized spacial score (nSPS) is 14.6. The van der Waals surface area contributed by atoms with Gasteiger partial charge >= 0.3 is 0 Å². The van der Waals surface area contributed by atoms with E-state index in [1.807, 2.05) is 6.92 Å². The average molecular weight is 398 g/mol. The summed E-state index contributed by atoms with van der Waals surface area (Å²) < 4.78 is 18.9. The molecule has 1 aliphatic carbocycles. The highest BCUT2D eigenvalue weighted by molar-refractivity contribution is 7.99. The first-order chi connectivity index (χ1) is 13.2. The van der Waals surface area contributed by atoms with Crippen molar-refractivity contribution in [3.8, 4) is 11.5 Å². The smallest absolute Gasteiger partial charge is 0.247 e. The summed E-state index contributed by atoms with van der Waals surface area (Å²) in [5.74, 6) is 0.623. The van der Waals surface area contributed by atoms with Gasteiger partial charge in [-0.3, -0.25) is 0 Å². The van der Waals surface area contributed by atoms with E-state index in [-0.39, 0.29) is 11.1 Å². The standard InChI is InChI=1S/C19H15FN4OS2/c1-10(16-23-24-17(25-16)11-5-7-12(20)8-6-11)26-18-15-13-3-2-4-14(13)27-19(15)22-9-21-18/h5-10H,2-4H2,1H3/t10-/m0/s1. The lowest BCUT2D eigenvalue weighted by Crippen LogP contribution is -1.92. The summed E-state index contributed by atoms with van der Waals surface area (Å²) in [6.45, 7) is 2.02. The van der Waals surface area contributed by atoms with Crippen LogP contribution in [0.25, 0.3) is 21.7 Å². The summed E-state index contributed by atoms with van der Waals surface area (Å²) in [6.07, 6.45) is 5.07. The molecular formula is C19H15FN4OS2. The van der Waals surface area contributed by atoms with Gasteiger partial charge in [-0.05, 0) is 56.0 Å². The van der Waals surface area contributed by atoms with Gasteiger partial charge in [0.1, 0.15) is 22.0 Å². The van der Waals surface area contributed by atoms with Gasteiger partial charge in [0, 0.05) is 15.8 Å². The maximum Gasteiger partial charge on any atom is 0.247 e. The zero-order chi connectivity index (χ0) is 18.4. The van der Waals surface area contributed by atoms with E-state index in [0.29, 0.717) is 17.3 Å². The summed E-state index contributed by atoms with van der Waals surface area (Å²) >= 11 is 3.39. The quantitative estimate of drug-likeness (QED) is 0.347.